The van der Waals surface area contributed by atoms with Crippen LogP contribution >= 0.6 is 0 Å². The van der Waals surface area contributed by atoms with Gasteiger partial charge in [0, 0.05) is 12.2 Å². The van der Waals surface area contributed by atoms with E-state index in [4.69, 9.17) is 5.73 Å². The molecule has 0 aliphatic carbocycles. The van der Waals surface area contributed by atoms with Gasteiger partial charge in [0.25, 0.3) is 0 Å². The standard InChI is InChI=1S/C16H15FN2O/c17-13-7-6-11-8-9-19(14(11)10-13)16(20)15(18)12-4-2-1-3-5-12/h1-7,10,15H,8-9,18H2/t15-/m1/s1. The van der Waals surface area contributed by atoms with Gasteiger partial charge in [0.15, 0.2) is 0 Å². The summed E-state index contributed by atoms with van der Waals surface area (Å²) in [6.45, 7) is 0.554. The molecule has 0 aromatic heterocycles. The van der Waals surface area contributed by atoms with E-state index in [-0.39, 0.29) is 11.7 Å². The van der Waals surface area contributed by atoms with Crippen molar-refractivity contribution < 1.29 is 9.18 Å². The van der Waals surface area contributed by atoms with Gasteiger partial charge >= 0.3 is 0 Å². The average Bonchev–Trinajstić information content (AvgIpc) is 2.89. The summed E-state index contributed by atoms with van der Waals surface area (Å²) < 4.78 is 13.4. The Hall–Kier alpha value is -2.20. The highest BCUT2D eigenvalue weighted by Crippen LogP contribution is 2.30. The molecule has 0 fully saturated rings. The number of nitrogens with zero attached hydrogens (tertiary/aromatic N) is 1. The van der Waals surface area contributed by atoms with Gasteiger partial charge in [0.2, 0.25) is 5.91 Å². The largest absolute Gasteiger partial charge is 0.316 e. The van der Waals surface area contributed by atoms with E-state index in [9.17, 15) is 9.18 Å². The molecule has 0 saturated heterocycles. The molecule has 3 nitrogen and oxygen atoms in total. The number of carbonyl (C=O) groups is 1. The predicted molar refractivity (Wildman–Crippen MR) is 75.8 cm³/mol. The zero-order valence-electron chi connectivity index (χ0n) is 10.9. The molecular formula is C16H15FN2O. The van der Waals surface area contributed by atoms with Gasteiger partial charge in [-0.15, -0.1) is 0 Å². The number of carbonyl (C=O) groups excluding carboxylic acids is 1. The van der Waals surface area contributed by atoms with E-state index in [0.717, 1.165) is 17.5 Å². The van der Waals surface area contributed by atoms with E-state index in [1.807, 2.05) is 30.3 Å². The normalized spacial score (nSPS) is 15.0. The number of amides is 1. The summed E-state index contributed by atoms with van der Waals surface area (Å²) in [6, 6.07) is 13.1. The summed E-state index contributed by atoms with van der Waals surface area (Å²) in [7, 11) is 0. The topological polar surface area (TPSA) is 46.3 Å². The number of hydrogen-bond donors (Lipinski definition) is 1. The minimum atomic E-state index is -0.717. The van der Waals surface area contributed by atoms with Crippen molar-refractivity contribution in [3.05, 3.63) is 65.5 Å². The second kappa shape index (κ2) is 5.06. The molecule has 1 heterocycles. The van der Waals surface area contributed by atoms with E-state index in [1.54, 1.807) is 11.0 Å². The molecular weight excluding hydrogens is 255 g/mol. The van der Waals surface area contributed by atoms with Gasteiger partial charge in [0.05, 0.1) is 0 Å². The van der Waals surface area contributed by atoms with Crippen molar-refractivity contribution in [3.8, 4) is 0 Å². The molecule has 0 saturated carbocycles. The molecule has 0 bridgehead atoms. The van der Waals surface area contributed by atoms with Gasteiger partial charge < -0.3 is 10.6 Å². The van der Waals surface area contributed by atoms with Gasteiger partial charge in [0.1, 0.15) is 11.9 Å². The summed E-state index contributed by atoms with van der Waals surface area (Å²) in [6.07, 6.45) is 0.739. The number of hydrogen-bond acceptors (Lipinski definition) is 2. The third-order valence-electron chi connectivity index (χ3n) is 3.63. The molecule has 2 aromatic rings. The van der Waals surface area contributed by atoms with E-state index >= 15 is 0 Å². The fraction of sp³-hybridized carbons (Fsp3) is 0.188. The zero-order valence-corrected chi connectivity index (χ0v) is 10.9. The lowest BCUT2D eigenvalue weighted by Crippen LogP contribution is -2.37. The molecule has 0 spiro atoms. The highest BCUT2D eigenvalue weighted by Gasteiger charge is 2.29. The van der Waals surface area contributed by atoms with Crippen molar-refractivity contribution in [3.63, 3.8) is 0 Å². The lowest BCUT2D eigenvalue weighted by Gasteiger charge is -2.21. The van der Waals surface area contributed by atoms with Crippen molar-refractivity contribution in [1.82, 2.24) is 0 Å². The maximum atomic E-state index is 13.4. The summed E-state index contributed by atoms with van der Waals surface area (Å²) in [5.74, 6) is -0.530. The van der Waals surface area contributed by atoms with E-state index in [2.05, 4.69) is 0 Å². The Kier molecular flexibility index (Phi) is 3.24. The van der Waals surface area contributed by atoms with Crippen molar-refractivity contribution in [2.45, 2.75) is 12.5 Å². The lowest BCUT2D eigenvalue weighted by atomic mass is 10.1. The molecule has 102 valence electrons. The Morgan fingerprint density at radius 2 is 1.95 bits per heavy atom. The third-order valence-corrected chi connectivity index (χ3v) is 3.63. The smallest absolute Gasteiger partial charge is 0.248 e. The molecule has 1 aliphatic heterocycles. The van der Waals surface area contributed by atoms with E-state index in [1.165, 1.54) is 12.1 Å². The first kappa shape index (κ1) is 12.8. The first-order valence-electron chi connectivity index (χ1n) is 6.57. The molecule has 0 radical (unpaired) electrons. The SMILES string of the molecule is N[C@@H](C(=O)N1CCc2ccc(F)cc21)c1ccccc1. The van der Waals surface area contributed by atoms with Crippen molar-refractivity contribution in [2.75, 3.05) is 11.4 Å². The van der Waals surface area contributed by atoms with Crippen molar-refractivity contribution >= 4 is 11.6 Å². The number of rotatable bonds is 2. The Labute approximate surface area is 116 Å². The second-order valence-electron chi connectivity index (χ2n) is 4.90. The molecule has 1 aliphatic rings. The highest BCUT2D eigenvalue weighted by molar-refractivity contribution is 5.99. The van der Waals surface area contributed by atoms with Crippen LogP contribution in [0.3, 0.4) is 0 Å². The van der Waals surface area contributed by atoms with Crippen LogP contribution in [0.5, 0.6) is 0 Å². The van der Waals surface area contributed by atoms with Crippen LogP contribution in [0.4, 0.5) is 10.1 Å². The Morgan fingerprint density at radius 3 is 2.70 bits per heavy atom. The number of nitrogens with two attached hydrogens (primary N) is 1. The fourth-order valence-corrected chi connectivity index (χ4v) is 2.55. The van der Waals surface area contributed by atoms with Crippen LogP contribution in [0.2, 0.25) is 0 Å². The minimum Gasteiger partial charge on any atom is -0.316 e. The fourth-order valence-electron chi connectivity index (χ4n) is 2.55. The molecule has 4 heteroatoms. The molecule has 2 N–H and O–H groups in total. The lowest BCUT2D eigenvalue weighted by molar-refractivity contribution is -0.119. The number of anilines is 1. The average molecular weight is 270 g/mol. The summed E-state index contributed by atoms with van der Waals surface area (Å²) in [5.41, 5.74) is 8.42. The highest BCUT2D eigenvalue weighted by atomic mass is 19.1. The van der Waals surface area contributed by atoms with Crippen LogP contribution in [-0.2, 0) is 11.2 Å². The number of halogens is 1. The van der Waals surface area contributed by atoms with Crippen LogP contribution in [0.1, 0.15) is 17.2 Å². The first-order valence-corrected chi connectivity index (χ1v) is 6.57. The van der Waals surface area contributed by atoms with Gasteiger partial charge in [-0.25, -0.2) is 4.39 Å². The minimum absolute atomic E-state index is 0.194. The summed E-state index contributed by atoms with van der Waals surface area (Å²) in [5, 5.41) is 0. The van der Waals surface area contributed by atoms with Crippen LogP contribution < -0.4 is 10.6 Å². The van der Waals surface area contributed by atoms with Crippen molar-refractivity contribution in [2.24, 2.45) is 5.73 Å². The van der Waals surface area contributed by atoms with Crippen LogP contribution in [-0.4, -0.2) is 12.5 Å². The molecule has 1 amide bonds. The van der Waals surface area contributed by atoms with Gasteiger partial charge in [-0.2, -0.15) is 0 Å². The van der Waals surface area contributed by atoms with E-state index in [0.29, 0.717) is 12.2 Å². The molecule has 0 unspecified atom stereocenters. The van der Waals surface area contributed by atoms with Gasteiger partial charge in [-0.1, -0.05) is 36.4 Å². The van der Waals surface area contributed by atoms with Crippen LogP contribution in [0.15, 0.2) is 48.5 Å². The quantitative estimate of drug-likeness (QED) is 0.911. The predicted octanol–water partition coefficient (Wildman–Crippen LogP) is 2.41. The molecule has 1 atom stereocenters. The van der Waals surface area contributed by atoms with E-state index < -0.39 is 6.04 Å². The van der Waals surface area contributed by atoms with Gasteiger partial charge in [-0.3, -0.25) is 4.79 Å². The Bertz CT molecular complexity index is 642. The maximum absolute atomic E-state index is 13.4. The first-order chi connectivity index (χ1) is 9.66. The summed E-state index contributed by atoms with van der Waals surface area (Å²) >= 11 is 0. The number of benzene rings is 2. The molecule has 20 heavy (non-hydrogen) atoms. The van der Waals surface area contributed by atoms with Crippen molar-refractivity contribution in [1.29, 1.82) is 0 Å². The maximum Gasteiger partial charge on any atom is 0.248 e. The Morgan fingerprint density at radius 1 is 1.20 bits per heavy atom. The monoisotopic (exact) mass is 270 g/mol. The summed E-state index contributed by atoms with van der Waals surface area (Å²) in [4.78, 5) is 14.1. The molecule has 2 aromatic carbocycles. The third kappa shape index (κ3) is 2.18. The molecule has 3 rings (SSSR count). The Balaban J connectivity index is 1.88. The van der Waals surface area contributed by atoms with Crippen LogP contribution in [0, 0.1) is 5.82 Å². The van der Waals surface area contributed by atoms with Gasteiger partial charge in [-0.05, 0) is 29.7 Å². The zero-order chi connectivity index (χ0) is 14.1. The second-order valence-corrected chi connectivity index (χ2v) is 4.90. The number of fused-ring (bicyclic) bond motifs is 1. The van der Waals surface area contributed by atoms with Crippen LogP contribution in [0.25, 0.3) is 0 Å².